The summed E-state index contributed by atoms with van der Waals surface area (Å²) >= 11 is 0. The summed E-state index contributed by atoms with van der Waals surface area (Å²) in [5.41, 5.74) is 25.6. The molecule has 0 unspecified atom stereocenters. The molecule has 2 aliphatic rings. The molecule has 0 bridgehead atoms. The topological polar surface area (TPSA) is 190 Å². The van der Waals surface area contributed by atoms with Crippen LogP contribution in [0.15, 0.2) is 88.0 Å². The van der Waals surface area contributed by atoms with E-state index in [-0.39, 0.29) is 25.5 Å². The molecule has 44 heavy (non-hydrogen) atoms. The number of hydrazine groups is 1. The number of benzene rings is 3. The normalized spacial score (nSPS) is 18.8. The highest BCUT2D eigenvalue weighted by molar-refractivity contribution is 6.01. The minimum Gasteiger partial charge on any atom is -0.494 e. The summed E-state index contributed by atoms with van der Waals surface area (Å²) in [5.74, 6) is 0.939. The standard InChI is InChI=1S/C31H33N9O4/c32-39-35-20-24-7-2-1-6-23(24)18-31(30(42)38-34-19-21-10-11-21)28(26-8-3-4-9-27(26)37-40-33)44-29(36-31)22-12-14-25(15-13-22)43-17-5-16-41/h1-4,6-9,12-15,21,28,34,41H,5,10-11,16-20H2,(H,38,42)/t28-,31-/m0/s1. The van der Waals surface area contributed by atoms with Crippen molar-refractivity contribution in [2.45, 2.75) is 43.9 Å². The molecule has 13 heteroatoms. The molecule has 0 aromatic heterocycles. The molecule has 1 fully saturated rings. The second-order valence-electron chi connectivity index (χ2n) is 10.7. The Hall–Kier alpha value is -5.06. The van der Waals surface area contributed by atoms with Crippen molar-refractivity contribution in [1.82, 2.24) is 10.9 Å². The summed E-state index contributed by atoms with van der Waals surface area (Å²) in [5, 5.41) is 16.7. The number of hydrogen-bond acceptors (Lipinski definition) is 8. The smallest absolute Gasteiger partial charge is 0.266 e. The second kappa shape index (κ2) is 14.4. The lowest BCUT2D eigenvalue weighted by Crippen LogP contribution is -2.54. The Bertz CT molecular complexity index is 1600. The van der Waals surface area contributed by atoms with Gasteiger partial charge in [-0.1, -0.05) is 58.8 Å². The molecular weight excluding hydrogens is 562 g/mol. The van der Waals surface area contributed by atoms with E-state index in [1.807, 2.05) is 24.3 Å². The molecule has 1 heterocycles. The molecule has 0 radical (unpaired) electrons. The van der Waals surface area contributed by atoms with Crippen molar-refractivity contribution < 1.29 is 19.4 Å². The highest BCUT2D eigenvalue weighted by atomic mass is 16.5. The van der Waals surface area contributed by atoms with E-state index in [1.54, 1.807) is 48.5 Å². The Morgan fingerprint density at radius 1 is 1.05 bits per heavy atom. The molecular formula is C31H33N9O4. The third kappa shape index (κ3) is 7.11. The summed E-state index contributed by atoms with van der Waals surface area (Å²) < 4.78 is 12.2. The lowest BCUT2D eigenvalue weighted by Gasteiger charge is -2.32. The molecule has 226 valence electrons. The van der Waals surface area contributed by atoms with Crippen LogP contribution in [-0.4, -0.2) is 42.2 Å². The van der Waals surface area contributed by atoms with Crippen LogP contribution in [0.1, 0.15) is 47.6 Å². The predicted octanol–water partition coefficient (Wildman–Crippen LogP) is 5.73. The lowest BCUT2D eigenvalue weighted by molar-refractivity contribution is -0.130. The molecule has 5 rings (SSSR count). The molecule has 1 saturated carbocycles. The number of nitrogens with one attached hydrogen (secondary N) is 2. The summed E-state index contributed by atoms with van der Waals surface area (Å²) in [6.07, 6.45) is 1.84. The molecule has 1 aliphatic heterocycles. The average molecular weight is 596 g/mol. The Morgan fingerprint density at radius 2 is 1.80 bits per heavy atom. The molecule has 3 N–H and O–H groups in total. The van der Waals surface area contributed by atoms with E-state index in [4.69, 9.17) is 25.1 Å². The predicted molar refractivity (Wildman–Crippen MR) is 164 cm³/mol. The van der Waals surface area contributed by atoms with Crippen molar-refractivity contribution in [2.24, 2.45) is 21.1 Å². The highest BCUT2D eigenvalue weighted by Gasteiger charge is 2.54. The van der Waals surface area contributed by atoms with Gasteiger partial charge in [0, 0.05) is 52.6 Å². The first-order chi connectivity index (χ1) is 21.6. The third-order valence-corrected chi connectivity index (χ3v) is 7.57. The van der Waals surface area contributed by atoms with Crippen molar-refractivity contribution in [3.63, 3.8) is 0 Å². The van der Waals surface area contributed by atoms with Gasteiger partial charge in [-0.3, -0.25) is 10.2 Å². The second-order valence-corrected chi connectivity index (χ2v) is 10.7. The third-order valence-electron chi connectivity index (χ3n) is 7.57. The van der Waals surface area contributed by atoms with Crippen LogP contribution in [0.2, 0.25) is 0 Å². The Balaban J connectivity index is 1.61. The van der Waals surface area contributed by atoms with Gasteiger partial charge in [0.2, 0.25) is 5.90 Å². The van der Waals surface area contributed by atoms with Gasteiger partial charge in [0.25, 0.3) is 5.91 Å². The molecule has 0 saturated heterocycles. The van der Waals surface area contributed by atoms with Crippen molar-refractivity contribution in [2.75, 3.05) is 19.8 Å². The molecule has 3 aromatic rings. The maximum Gasteiger partial charge on any atom is 0.266 e. The van der Waals surface area contributed by atoms with E-state index in [2.05, 4.69) is 30.9 Å². The van der Waals surface area contributed by atoms with Gasteiger partial charge >= 0.3 is 0 Å². The molecule has 3 aromatic carbocycles. The van der Waals surface area contributed by atoms with Crippen LogP contribution in [0.25, 0.3) is 20.9 Å². The fourth-order valence-corrected chi connectivity index (χ4v) is 5.10. The largest absolute Gasteiger partial charge is 0.494 e. The fraction of sp³-hybridized carbons (Fsp3) is 0.355. The van der Waals surface area contributed by atoms with Crippen molar-refractivity contribution in [3.8, 4) is 5.75 Å². The zero-order valence-corrected chi connectivity index (χ0v) is 24.0. The number of nitrogens with zero attached hydrogens (tertiary/aromatic N) is 7. The molecule has 1 aliphatic carbocycles. The monoisotopic (exact) mass is 595 g/mol. The van der Waals surface area contributed by atoms with Gasteiger partial charge < -0.3 is 14.6 Å². The number of aliphatic imine (C=N–C) groups is 1. The van der Waals surface area contributed by atoms with Gasteiger partial charge in [0.1, 0.15) is 5.75 Å². The van der Waals surface area contributed by atoms with E-state index < -0.39 is 17.6 Å². The zero-order valence-electron chi connectivity index (χ0n) is 24.0. The highest BCUT2D eigenvalue weighted by Crippen LogP contribution is 2.45. The molecule has 0 spiro atoms. The SMILES string of the molecule is [N-]=[N+]=NCc1ccccc1C[C@]1(C(=O)NNCC2CC2)N=C(c2ccc(OCCCO)cc2)O[C@H]1c1ccccc1N=[N+]=[N-]. The lowest BCUT2D eigenvalue weighted by atomic mass is 9.80. The number of carbonyl (C=O) groups excluding carboxylic acids is 1. The Kier molecular flexibility index (Phi) is 9.96. The number of aliphatic hydroxyl groups excluding tert-OH is 1. The van der Waals surface area contributed by atoms with Crippen molar-refractivity contribution >= 4 is 17.5 Å². The van der Waals surface area contributed by atoms with Crippen molar-refractivity contribution in [1.29, 1.82) is 0 Å². The van der Waals surface area contributed by atoms with Gasteiger partial charge in [-0.15, -0.1) is 0 Å². The molecule has 2 atom stereocenters. The number of hydrogen-bond donors (Lipinski definition) is 3. The maximum absolute atomic E-state index is 14.3. The van der Waals surface area contributed by atoms with Crippen LogP contribution in [0.5, 0.6) is 5.75 Å². The fourth-order valence-electron chi connectivity index (χ4n) is 5.10. The minimum atomic E-state index is -1.55. The van der Waals surface area contributed by atoms with E-state index in [0.29, 0.717) is 48.1 Å². The number of aliphatic hydroxyl groups is 1. The number of amides is 1. The number of azide groups is 2. The minimum absolute atomic E-state index is 0.0348. The van der Waals surface area contributed by atoms with Crippen LogP contribution in [-0.2, 0) is 22.5 Å². The van der Waals surface area contributed by atoms with E-state index in [1.165, 1.54) is 0 Å². The first-order valence-corrected chi connectivity index (χ1v) is 14.4. The first kappa shape index (κ1) is 30.4. The van der Waals surface area contributed by atoms with Crippen molar-refractivity contribution in [3.05, 3.63) is 116 Å². The van der Waals surface area contributed by atoms with Crippen LogP contribution >= 0.6 is 0 Å². The first-order valence-electron chi connectivity index (χ1n) is 14.4. The van der Waals surface area contributed by atoms with Gasteiger partial charge in [0.15, 0.2) is 11.6 Å². The van der Waals surface area contributed by atoms with Crippen LogP contribution in [0.3, 0.4) is 0 Å². The summed E-state index contributed by atoms with van der Waals surface area (Å²) in [6, 6.07) is 21.5. The Labute approximate surface area is 254 Å². The Morgan fingerprint density at radius 3 is 2.52 bits per heavy atom. The van der Waals surface area contributed by atoms with Crippen LogP contribution in [0.4, 0.5) is 5.69 Å². The molecule has 13 nitrogen and oxygen atoms in total. The van der Waals surface area contributed by atoms with Gasteiger partial charge in [-0.2, -0.15) is 0 Å². The summed E-state index contributed by atoms with van der Waals surface area (Å²) in [4.78, 5) is 25.3. The van der Waals surface area contributed by atoms with E-state index >= 15 is 0 Å². The van der Waals surface area contributed by atoms with Crippen LogP contribution < -0.4 is 15.6 Å². The van der Waals surface area contributed by atoms with E-state index in [9.17, 15) is 10.3 Å². The number of rotatable bonds is 15. The summed E-state index contributed by atoms with van der Waals surface area (Å²) in [7, 11) is 0. The zero-order chi connectivity index (χ0) is 30.8. The van der Waals surface area contributed by atoms with Gasteiger partial charge in [-0.25, -0.2) is 10.4 Å². The van der Waals surface area contributed by atoms with Gasteiger partial charge in [0.05, 0.1) is 13.2 Å². The molecule has 1 amide bonds. The van der Waals surface area contributed by atoms with E-state index in [0.717, 1.165) is 24.0 Å². The van der Waals surface area contributed by atoms with Crippen LogP contribution in [0, 0.1) is 5.92 Å². The maximum atomic E-state index is 14.3. The average Bonchev–Trinajstić information content (AvgIpc) is 3.80. The number of carbonyl (C=O) groups is 1. The summed E-state index contributed by atoms with van der Waals surface area (Å²) in [6.45, 7) is 1.13. The quantitative estimate of drug-likeness (QED) is 0.0663. The van der Waals surface area contributed by atoms with Gasteiger partial charge in [-0.05, 0) is 65.2 Å². The number of ether oxygens (including phenoxy) is 2.